The lowest BCUT2D eigenvalue weighted by Crippen LogP contribution is -2.11. The second-order valence-corrected chi connectivity index (χ2v) is 4.39. The number of esters is 1. The van der Waals surface area contributed by atoms with Gasteiger partial charge in [0.2, 0.25) is 0 Å². The Bertz CT molecular complexity index is 729. The van der Waals surface area contributed by atoms with Crippen LogP contribution in [0.25, 0.3) is 0 Å². The van der Waals surface area contributed by atoms with Crippen LogP contribution in [0.15, 0.2) is 66.7 Å². The highest BCUT2D eigenvalue weighted by Gasteiger charge is 2.16. The Kier molecular flexibility index (Phi) is 4.48. The van der Waals surface area contributed by atoms with Crippen LogP contribution in [-0.2, 0) is 4.79 Å². The Hall–Kier alpha value is -3.21. The lowest BCUT2D eigenvalue weighted by molar-refractivity contribution is -0.132. The van der Waals surface area contributed by atoms with Gasteiger partial charge in [0, 0.05) is 5.56 Å². The van der Waals surface area contributed by atoms with E-state index in [9.17, 15) is 14.4 Å². The third kappa shape index (κ3) is 3.46. The highest BCUT2D eigenvalue weighted by Crippen LogP contribution is 2.16. The molecule has 0 radical (unpaired) electrons. The van der Waals surface area contributed by atoms with Crippen molar-refractivity contribution in [3.05, 3.63) is 77.9 Å². The minimum atomic E-state index is -1.37. The Labute approximate surface area is 126 Å². The molecule has 0 atom stereocenters. The second-order valence-electron chi connectivity index (χ2n) is 4.39. The molecule has 0 aliphatic rings. The van der Waals surface area contributed by atoms with E-state index in [4.69, 9.17) is 9.84 Å². The van der Waals surface area contributed by atoms with Gasteiger partial charge in [-0.25, -0.2) is 9.59 Å². The normalized spacial score (nSPS) is 9.82. The van der Waals surface area contributed by atoms with Crippen LogP contribution < -0.4 is 4.74 Å². The van der Waals surface area contributed by atoms with Crippen molar-refractivity contribution in [1.82, 2.24) is 0 Å². The van der Waals surface area contributed by atoms with Crippen molar-refractivity contribution in [2.75, 3.05) is 0 Å². The number of Topliss-reactive ketones (excluding diaryl/α,β-unsaturated/α-hetero) is 1. The molecule has 2 aromatic carbocycles. The number of hydrogen-bond donors (Lipinski definition) is 1. The molecule has 0 heterocycles. The molecule has 0 bridgehead atoms. The largest absolute Gasteiger partial charge is 0.478 e. The third-order valence-corrected chi connectivity index (χ3v) is 2.87. The first kappa shape index (κ1) is 15.2. The van der Waals surface area contributed by atoms with Crippen molar-refractivity contribution in [1.29, 1.82) is 0 Å². The minimum absolute atomic E-state index is 0.159. The van der Waals surface area contributed by atoms with Gasteiger partial charge < -0.3 is 9.84 Å². The average Bonchev–Trinajstić information content (AvgIpc) is 2.55. The zero-order valence-electron chi connectivity index (χ0n) is 11.5. The molecule has 5 heteroatoms. The summed E-state index contributed by atoms with van der Waals surface area (Å²) in [4.78, 5) is 34.3. The number of ether oxygens (including phenoxy) is 1. The summed E-state index contributed by atoms with van der Waals surface area (Å²) >= 11 is 0. The summed E-state index contributed by atoms with van der Waals surface area (Å²) < 4.78 is 5.15. The van der Waals surface area contributed by atoms with Crippen LogP contribution in [0.4, 0.5) is 0 Å². The molecule has 0 aliphatic heterocycles. The molecule has 0 spiro atoms. The van der Waals surface area contributed by atoms with Crippen molar-refractivity contribution in [3.8, 4) is 5.75 Å². The molecular formula is C17H12O5. The van der Waals surface area contributed by atoms with Crippen LogP contribution in [0.1, 0.15) is 20.7 Å². The van der Waals surface area contributed by atoms with E-state index in [0.29, 0.717) is 5.56 Å². The Morgan fingerprint density at radius 3 is 2.00 bits per heavy atom. The molecule has 0 saturated carbocycles. The first-order valence-corrected chi connectivity index (χ1v) is 6.33. The van der Waals surface area contributed by atoms with Crippen LogP contribution >= 0.6 is 0 Å². The Morgan fingerprint density at radius 1 is 0.864 bits per heavy atom. The fourth-order valence-corrected chi connectivity index (χ4v) is 1.69. The molecule has 0 unspecified atom stereocenters. The molecule has 0 fully saturated rings. The molecule has 110 valence electrons. The van der Waals surface area contributed by atoms with E-state index in [2.05, 4.69) is 6.58 Å². The van der Waals surface area contributed by atoms with Crippen molar-refractivity contribution in [2.24, 2.45) is 0 Å². The van der Waals surface area contributed by atoms with Gasteiger partial charge in [-0.15, -0.1) is 0 Å². The van der Waals surface area contributed by atoms with Crippen molar-refractivity contribution < 1.29 is 24.2 Å². The summed E-state index contributed by atoms with van der Waals surface area (Å²) in [6.45, 7) is 3.21. The number of rotatable bonds is 5. The van der Waals surface area contributed by atoms with Gasteiger partial charge in [0.05, 0.1) is 5.56 Å². The monoisotopic (exact) mass is 296 g/mol. The molecule has 2 rings (SSSR count). The number of carboxylic acid groups (broad SMARTS) is 1. The SMILES string of the molecule is C=C(C(=O)O)C(=O)c1ccc(OC(=O)c2ccccc2)cc1. The van der Waals surface area contributed by atoms with E-state index in [1.165, 1.54) is 24.3 Å². The van der Waals surface area contributed by atoms with Crippen LogP contribution in [0, 0.1) is 0 Å². The van der Waals surface area contributed by atoms with E-state index in [0.717, 1.165) is 0 Å². The van der Waals surface area contributed by atoms with Crippen molar-refractivity contribution >= 4 is 17.7 Å². The molecule has 0 aliphatic carbocycles. The third-order valence-electron chi connectivity index (χ3n) is 2.87. The van der Waals surface area contributed by atoms with Crippen LogP contribution in [0.5, 0.6) is 5.75 Å². The second kappa shape index (κ2) is 6.49. The lowest BCUT2D eigenvalue weighted by atomic mass is 10.1. The summed E-state index contributed by atoms with van der Waals surface area (Å²) in [5.41, 5.74) is 0.0443. The fraction of sp³-hybridized carbons (Fsp3) is 0. The van der Waals surface area contributed by atoms with E-state index in [-0.39, 0.29) is 11.3 Å². The molecule has 0 amide bonds. The van der Waals surface area contributed by atoms with E-state index in [1.54, 1.807) is 30.3 Å². The lowest BCUT2D eigenvalue weighted by Gasteiger charge is -2.05. The van der Waals surface area contributed by atoms with Gasteiger partial charge in [0.15, 0.2) is 5.78 Å². The van der Waals surface area contributed by atoms with Gasteiger partial charge in [0.25, 0.3) is 0 Å². The summed E-state index contributed by atoms with van der Waals surface area (Å²) in [6.07, 6.45) is 0. The van der Waals surface area contributed by atoms with E-state index in [1.807, 2.05) is 0 Å². The predicted molar refractivity (Wildman–Crippen MR) is 78.9 cm³/mol. The topological polar surface area (TPSA) is 80.7 Å². The number of aliphatic carboxylic acids is 1. The van der Waals surface area contributed by atoms with Gasteiger partial charge in [-0.2, -0.15) is 0 Å². The van der Waals surface area contributed by atoms with Crippen molar-refractivity contribution in [3.63, 3.8) is 0 Å². The zero-order valence-corrected chi connectivity index (χ0v) is 11.5. The first-order chi connectivity index (χ1) is 10.5. The van der Waals surface area contributed by atoms with Crippen LogP contribution in [0.3, 0.4) is 0 Å². The average molecular weight is 296 g/mol. The summed E-state index contributed by atoms with van der Waals surface area (Å²) in [5, 5.41) is 8.72. The molecular weight excluding hydrogens is 284 g/mol. The fourth-order valence-electron chi connectivity index (χ4n) is 1.69. The molecule has 22 heavy (non-hydrogen) atoms. The van der Waals surface area contributed by atoms with Crippen LogP contribution in [-0.4, -0.2) is 22.8 Å². The van der Waals surface area contributed by atoms with E-state index < -0.39 is 23.3 Å². The van der Waals surface area contributed by atoms with E-state index >= 15 is 0 Å². The summed E-state index contributed by atoms with van der Waals surface area (Å²) in [7, 11) is 0. The molecule has 0 saturated heterocycles. The molecule has 2 aromatic rings. The smallest absolute Gasteiger partial charge is 0.343 e. The van der Waals surface area contributed by atoms with Gasteiger partial charge in [0.1, 0.15) is 11.3 Å². The zero-order chi connectivity index (χ0) is 16.1. The molecule has 5 nitrogen and oxygen atoms in total. The van der Waals surface area contributed by atoms with Gasteiger partial charge >= 0.3 is 11.9 Å². The minimum Gasteiger partial charge on any atom is -0.478 e. The maximum atomic E-state index is 11.8. The molecule has 1 N–H and O–H groups in total. The number of carboxylic acids is 1. The maximum absolute atomic E-state index is 11.8. The predicted octanol–water partition coefficient (Wildman–Crippen LogP) is 2.73. The van der Waals surface area contributed by atoms with Crippen LogP contribution in [0.2, 0.25) is 0 Å². The maximum Gasteiger partial charge on any atom is 0.343 e. The number of carbonyl (C=O) groups excluding carboxylic acids is 2. The Balaban J connectivity index is 2.10. The summed E-state index contributed by atoms with van der Waals surface area (Å²) in [6, 6.07) is 14.1. The van der Waals surface area contributed by atoms with Gasteiger partial charge in [-0.05, 0) is 36.4 Å². The highest BCUT2D eigenvalue weighted by molar-refractivity contribution is 6.23. The number of carbonyl (C=O) groups is 3. The Morgan fingerprint density at radius 2 is 1.45 bits per heavy atom. The van der Waals surface area contributed by atoms with Gasteiger partial charge in [-0.3, -0.25) is 4.79 Å². The number of ketones is 1. The number of benzene rings is 2. The molecule has 0 aromatic heterocycles. The van der Waals surface area contributed by atoms with Crippen molar-refractivity contribution in [2.45, 2.75) is 0 Å². The summed E-state index contributed by atoms with van der Waals surface area (Å²) in [5.74, 6) is -2.32. The standard InChI is InChI=1S/C17H12O5/c1-11(16(19)20)15(18)12-7-9-14(10-8-12)22-17(21)13-5-3-2-4-6-13/h2-10H,1H2,(H,19,20). The van der Waals surface area contributed by atoms with Gasteiger partial charge in [-0.1, -0.05) is 24.8 Å². The first-order valence-electron chi connectivity index (χ1n) is 6.33. The highest BCUT2D eigenvalue weighted by atomic mass is 16.5. The number of hydrogen-bond acceptors (Lipinski definition) is 4. The quantitative estimate of drug-likeness (QED) is 0.229.